The molecule has 0 radical (unpaired) electrons. The fourth-order valence-electron chi connectivity index (χ4n) is 3.69. The van der Waals surface area contributed by atoms with Crippen molar-refractivity contribution < 1.29 is 13.3 Å². The molecule has 0 spiro atoms. The van der Waals surface area contributed by atoms with Gasteiger partial charge in [0.15, 0.2) is 0 Å². The lowest BCUT2D eigenvalue weighted by Crippen LogP contribution is -3.18. The predicted octanol–water partition coefficient (Wildman–Crippen LogP) is 0.0941. The first-order valence-electron chi connectivity index (χ1n) is 7.99. The number of rotatable bonds is 4. The standard InChI is InChI=1S/C16H24N2O2S/c1-2-11-21(19,20)18-9-7-17(8-10-18)16-12-14-5-3-4-6-15(14)13-16/h3-6,16H,2,7-13H2,1H3/p+1. The second-order valence-corrected chi connectivity index (χ2v) is 8.34. The van der Waals surface area contributed by atoms with Crippen molar-refractivity contribution in [2.24, 2.45) is 0 Å². The van der Waals surface area contributed by atoms with Crippen molar-refractivity contribution in [1.29, 1.82) is 0 Å². The molecule has 1 fully saturated rings. The zero-order valence-electron chi connectivity index (χ0n) is 12.7. The van der Waals surface area contributed by atoms with Gasteiger partial charge in [-0.1, -0.05) is 31.2 Å². The molecular weight excluding hydrogens is 284 g/mol. The molecule has 2 aliphatic rings. The summed E-state index contributed by atoms with van der Waals surface area (Å²) in [6.07, 6.45) is 2.99. The Morgan fingerprint density at radius 2 is 1.71 bits per heavy atom. The number of sulfonamides is 1. The maximum atomic E-state index is 12.1. The first kappa shape index (κ1) is 15.0. The maximum absolute atomic E-state index is 12.1. The average Bonchev–Trinajstić information content (AvgIpc) is 2.91. The van der Waals surface area contributed by atoms with Gasteiger partial charge in [-0.15, -0.1) is 0 Å². The van der Waals surface area contributed by atoms with Crippen molar-refractivity contribution >= 4 is 10.0 Å². The molecule has 0 bridgehead atoms. The van der Waals surface area contributed by atoms with Crippen molar-refractivity contribution in [2.75, 3.05) is 31.9 Å². The van der Waals surface area contributed by atoms with Gasteiger partial charge in [-0.25, -0.2) is 8.42 Å². The Hall–Kier alpha value is -0.910. The number of hydrogen-bond donors (Lipinski definition) is 1. The smallest absolute Gasteiger partial charge is 0.214 e. The van der Waals surface area contributed by atoms with Crippen molar-refractivity contribution in [1.82, 2.24) is 4.31 Å². The Labute approximate surface area is 127 Å². The van der Waals surface area contributed by atoms with Crippen LogP contribution in [0.3, 0.4) is 0 Å². The van der Waals surface area contributed by atoms with Gasteiger partial charge >= 0.3 is 0 Å². The van der Waals surface area contributed by atoms with Gasteiger partial charge in [0.1, 0.15) is 0 Å². The van der Waals surface area contributed by atoms with E-state index in [4.69, 9.17) is 0 Å². The summed E-state index contributed by atoms with van der Waals surface area (Å²) in [7, 11) is -3.01. The molecule has 1 heterocycles. The van der Waals surface area contributed by atoms with Gasteiger partial charge in [-0.05, 0) is 17.5 Å². The highest BCUT2D eigenvalue weighted by Crippen LogP contribution is 2.20. The van der Waals surface area contributed by atoms with Crippen LogP contribution in [0.4, 0.5) is 0 Å². The van der Waals surface area contributed by atoms with Gasteiger partial charge in [-0.3, -0.25) is 0 Å². The molecule has 5 heteroatoms. The summed E-state index contributed by atoms with van der Waals surface area (Å²) < 4.78 is 25.9. The Bertz CT molecular complexity index is 567. The third-order valence-corrected chi connectivity index (χ3v) is 6.92. The molecule has 1 N–H and O–H groups in total. The number of piperazine rings is 1. The number of fused-ring (bicyclic) bond motifs is 1. The van der Waals surface area contributed by atoms with Gasteiger partial charge < -0.3 is 4.90 Å². The van der Waals surface area contributed by atoms with Crippen LogP contribution in [0.5, 0.6) is 0 Å². The van der Waals surface area contributed by atoms with E-state index in [1.54, 1.807) is 9.21 Å². The molecule has 1 aromatic carbocycles. The van der Waals surface area contributed by atoms with Gasteiger partial charge in [-0.2, -0.15) is 4.31 Å². The lowest BCUT2D eigenvalue weighted by molar-refractivity contribution is -0.927. The Morgan fingerprint density at radius 3 is 2.24 bits per heavy atom. The van der Waals surface area contributed by atoms with E-state index in [1.165, 1.54) is 11.1 Å². The SMILES string of the molecule is CCCS(=O)(=O)N1CC[NH+](C2Cc3ccccc3C2)CC1. The van der Waals surface area contributed by atoms with Crippen LogP contribution in [-0.4, -0.2) is 50.7 Å². The molecule has 0 aromatic heterocycles. The zero-order valence-corrected chi connectivity index (χ0v) is 13.5. The molecule has 4 nitrogen and oxygen atoms in total. The van der Waals surface area contributed by atoms with Crippen LogP contribution in [0.1, 0.15) is 24.5 Å². The summed E-state index contributed by atoms with van der Waals surface area (Å²) in [5.74, 6) is 0.289. The summed E-state index contributed by atoms with van der Waals surface area (Å²) in [5, 5.41) is 0. The van der Waals surface area contributed by atoms with Crippen LogP contribution >= 0.6 is 0 Å². The quantitative estimate of drug-likeness (QED) is 0.857. The van der Waals surface area contributed by atoms with Crippen LogP contribution in [-0.2, 0) is 22.9 Å². The van der Waals surface area contributed by atoms with E-state index < -0.39 is 10.0 Å². The topological polar surface area (TPSA) is 41.8 Å². The van der Waals surface area contributed by atoms with E-state index in [0.29, 0.717) is 25.6 Å². The first-order valence-corrected chi connectivity index (χ1v) is 9.60. The number of benzene rings is 1. The van der Waals surface area contributed by atoms with E-state index in [1.807, 2.05) is 6.92 Å². The minimum atomic E-state index is -3.01. The summed E-state index contributed by atoms with van der Waals surface area (Å²) in [4.78, 5) is 1.58. The summed E-state index contributed by atoms with van der Waals surface area (Å²) >= 11 is 0. The Kier molecular flexibility index (Phi) is 4.33. The van der Waals surface area contributed by atoms with E-state index in [-0.39, 0.29) is 5.75 Å². The molecule has 21 heavy (non-hydrogen) atoms. The van der Waals surface area contributed by atoms with Crippen LogP contribution in [0.15, 0.2) is 24.3 Å². The van der Waals surface area contributed by atoms with Crippen LogP contribution in [0.2, 0.25) is 0 Å². The summed E-state index contributed by atoms with van der Waals surface area (Å²) in [6, 6.07) is 9.34. The second-order valence-electron chi connectivity index (χ2n) is 6.25. The van der Waals surface area contributed by atoms with Crippen LogP contribution in [0.25, 0.3) is 0 Å². The molecule has 0 unspecified atom stereocenters. The number of hydrogen-bond acceptors (Lipinski definition) is 2. The Balaban J connectivity index is 1.58. The van der Waals surface area contributed by atoms with Crippen molar-refractivity contribution in [3.05, 3.63) is 35.4 Å². The molecule has 1 aliphatic carbocycles. The van der Waals surface area contributed by atoms with E-state index in [0.717, 1.165) is 25.9 Å². The summed E-state index contributed by atoms with van der Waals surface area (Å²) in [5.41, 5.74) is 2.96. The number of nitrogens with zero attached hydrogens (tertiary/aromatic N) is 1. The molecule has 0 saturated carbocycles. The second kappa shape index (κ2) is 6.07. The van der Waals surface area contributed by atoms with E-state index in [2.05, 4.69) is 24.3 Å². The van der Waals surface area contributed by atoms with Gasteiger partial charge in [0.25, 0.3) is 0 Å². The van der Waals surface area contributed by atoms with E-state index in [9.17, 15) is 8.42 Å². The molecule has 0 atom stereocenters. The fourth-order valence-corrected chi connectivity index (χ4v) is 5.21. The van der Waals surface area contributed by atoms with Crippen molar-refractivity contribution in [3.63, 3.8) is 0 Å². The molecule has 116 valence electrons. The van der Waals surface area contributed by atoms with Crippen molar-refractivity contribution in [2.45, 2.75) is 32.2 Å². The Morgan fingerprint density at radius 1 is 1.14 bits per heavy atom. The number of quaternary nitrogens is 1. The predicted molar refractivity (Wildman–Crippen MR) is 84.0 cm³/mol. The van der Waals surface area contributed by atoms with E-state index >= 15 is 0 Å². The van der Waals surface area contributed by atoms with Gasteiger partial charge in [0.2, 0.25) is 10.0 Å². The molecule has 1 aromatic rings. The first-order chi connectivity index (χ1) is 10.1. The van der Waals surface area contributed by atoms with Crippen molar-refractivity contribution in [3.8, 4) is 0 Å². The summed E-state index contributed by atoms with van der Waals surface area (Å²) in [6.45, 7) is 5.19. The zero-order chi connectivity index (χ0) is 14.9. The van der Waals surface area contributed by atoms with Crippen LogP contribution in [0, 0.1) is 0 Å². The minimum absolute atomic E-state index is 0.289. The largest absolute Gasteiger partial charge is 0.330 e. The highest BCUT2D eigenvalue weighted by atomic mass is 32.2. The lowest BCUT2D eigenvalue weighted by atomic mass is 10.1. The molecule has 1 saturated heterocycles. The molecular formula is C16H25N2O2S+. The average molecular weight is 309 g/mol. The number of nitrogens with one attached hydrogen (secondary N) is 1. The molecule has 0 amide bonds. The third kappa shape index (κ3) is 3.15. The minimum Gasteiger partial charge on any atom is -0.330 e. The lowest BCUT2D eigenvalue weighted by Gasteiger charge is -2.34. The highest BCUT2D eigenvalue weighted by Gasteiger charge is 2.34. The molecule has 1 aliphatic heterocycles. The highest BCUT2D eigenvalue weighted by molar-refractivity contribution is 7.89. The van der Waals surface area contributed by atoms with Gasteiger partial charge in [0.05, 0.1) is 38.0 Å². The normalized spacial score (nSPS) is 21.6. The third-order valence-electron chi connectivity index (χ3n) is 4.85. The molecule has 3 rings (SSSR count). The fraction of sp³-hybridized carbons (Fsp3) is 0.625. The monoisotopic (exact) mass is 309 g/mol. The van der Waals surface area contributed by atoms with Crippen LogP contribution < -0.4 is 4.90 Å². The van der Waals surface area contributed by atoms with Gasteiger partial charge in [0, 0.05) is 12.8 Å². The maximum Gasteiger partial charge on any atom is 0.214 e.